The fourth-order valence-corrected chi connectivity index (χ4v) is 3.79. The first-order valence-corrected chi connectivity index (χ1v) is 10.0. The number of nitrogens with one attached hydrogen (secondary N) is 1. The largest absolute Gasteiger partial charge is 0.353 e. The van der Waals surface area contributed by atoms with Gasteiger partial charge in [-0.2, -0.15) is 0 Å². The zero-order valence-corrected chi connectivity index (χ0v) is 16.5. The van der Waals surface area contributed by atoms with Crippen LogP contribution < -0.4 is 10.2 Å². The summed E-state index contributed by atoms with van der Waals surface area (Å²) in [6.45, 7) is 3.41. The summed E-state index contributed by atoms with van der Waals surface area (Å²) in [6.07, 6.45) is 6.96. The number of ether oxygens (including phenoxy) is 2. The van der Waals surface area contributed by atoms with Gasteiger partial charge < -0.3 is 19.7 Å². The lowest BCUT2D eigenvalue weighted by molar-refractivity contribution is -0.162. The highest BCUT2D eigenvalue weighted by Crippen LogP contribution is 2.39. The van der Waals surface area contributed by atoms with Crippen LogP contribution >= 0.6 is 0 Å². The maximum absolute atomic E-state index is 12.8. The number of aromatic nitrogens is 1. The quantitative estimate of drug-likeness (QED) is 0.590. The zero-order valence-electron chi connectivity index (χ0n) is 16.5. The number of nitrogens with zero attached hydrogens (tertiary/aromatic N) is 2. The second-order valence-corrected chi connectivity index (χ2v) is 7.28. The lowest BCUT2D eigenvalue weighted by Gasteiger charge is -2.27. The summed E-state index contributed by atoms with van der Waals surface area (Å²) in [7, 11) is 0. The number of para-hydroxylation sites is 1. The highest BCUT2D eigenvalue weighted by Gasteiger charge is 2.27. The van der Waals surface area contributed by atoms with Crippen molar-refractivity contribution in [3.8, 4) is 0 Å². The summed E-state index contributed by atoms with van der Waals surface area (Å²) >= 11 is 0. The molecule has 0 spiro atoms. The topological polar surface area (TPSA) is 80.8 Å². The van der Waals surface area contributed by atoms with Crippen LogP contribution in [0.15, 0.2) is 36.7 Å². The van der Waals surface area contributed by atoms with Gasteiger partial charge in [0.15, 0.2) is 12.1 Å². The first kappa shape index (κ1) is 19.5. The molecule has 2 aromatic rings. The third kappa shape index (κ3) is 4.16. The first-order valence-electron chi connectivity index (χ1n) is 10.0. The van der Waals surface area contributed by atoms with Gasteiger partial charge in [-0.1, -0.05) is 12.1 Å². The van der Waals surface area contributed by atoms with Crippen molar-refractivity contribution in [1.29, 1.82) is 0 Å². The number of ketones is 1. The van der Waals surface area contributed by atoms with Gasteiger partial charge in [-0.15, -0.1) is 0 Å². The Balaban J connectivity index is 1.59. The molecule has 0 bridgehead atoms. The van der Waals surface area contributed by atoms with Gasteiger partial charge in [0.05, 0.1) is 41.0 Å². The van der Waals surface area contributed by atoms with Gasteiger partial charge in [-0.3, -0.25) is 14.6 Å². The van der Waals surface area contributed by atoms with Crippen LogP contribution in [0.3, 0.4) is 0 Å². The van der Waals surface area contributed by atoms with E-state index in [1.165, 1.54) is 13.1 Å². The molecular formula is C22H25N3O4. The molecule has 1 unspecified atom stereocenters. The smallest absolute Gasteiger partial charge is 0.257 e. The van der Waals surface area contributed by atoms with E-state index in [0.29, 0.717) is 35.7 Å². The molecule has 4 rings (SSSR count). The summed E-state index contributed by atoms with van der Waals surface area (Å²) in [5, 5.41) is 2.91. The minimum atomic E-state index is -0.232. The monoisotopic (exact) mass is 395 g/mol. The van der Waals surface area contributed by atoms with Crippen molar-refractivity contribution in [3.05, 3.63) is 47.8 Å². The number of carbonyl (C=O) groups is 2. The van der Waals surface area contributed by atoms with Gasteiger partial charge in [0, 0.05) is 19.3 Å². The van der Waals surface area contributed by atoms with Crippen molar-refractivity contribution in [1.82, 2.24) is 4.98 Å². The van der Waals surface area contributed by atoms with Crippen molar-refractivity contribution >= 4 is 28.8 Å². The summed E-state index contributed by atoms with van der Waals surface area (Å²) in [6, 6.07) is 7.44. The van der Waals surface area contributed by atoms with Crippen LogP contribution in [0.1, 0.15) is 53.3 Å². The van der Waals surface area contributed by atoms with E-state index in [9.17, 15) is 9.59 Å². The Morgan fingerprint density at radius 2 is 2.14 bits per heavy atom. The number of anilines is 3. The molecule has 2 aliphatic rings. The number of benzene rings is 1. The van der Waals surface area contributed by atoms with E-state index in [4.69, 9.17) is 9.47 Å². The highest BCUT2D eigenvalue weighted by atomic mass is 16.7. The van der Waals surface area contributed by atoms with Gasteiger partial charge >= 0.3 is 0 Å². The number of pyridine rings is 1. The number of hydrogen-bond acceptors (Lipinski definition) is 6. The SMILES string of the molecule is CC(=O)c1cncc2c1NC(=O)c1ccccc1N2CCCOC1CCCCO1. The fraction of sp³-hybridized carbons (Fsp3) is 0.409. The molecule has 1 fully saturated rings. The predicted molar refractivity (Wildman–Crippen MR) is 110 cm³/mol. The summed E-state index contributed by atoms with van der Waals surface area (Å²) in [5.74, 6) is -0.372. The maximum atomic E-state index is 12.8. The molecular weight excluding hydrogens is 370 g/mol. The number of fused-ring (bicyclic) bond motifs is 2. The molecule has 7 heteroatoms. The van der Waals surface area contributed by atoms with Gasteiger partial charge in [0.25, 0.3) is 5.91 Å². The number of Topliss-reactive ketones (excluding diaryl/α,β-unsaturated/α-hetero) is 1. The van der Waals surface area contributed by atoms with Gasteiger partial charge in [0.2, 0.25) is 0 Å². The Morgan fingerprint density at radius 1 is 1.28 bits per heavy atom. The van der Waals surface area contributed by atoms with E-state index in [0.717, 1.165) is 38.0 Å². The number of amides is 1. The molecule has 3 heterocycles. The second-order valence-electron chi connectivity index (χ2n) is 7.28. The van der Waals surface area contributed by atoms with Crippen molar-refractivity contribution in [2.45, 2.75) is 38.9 Å². The Hall–Kier alpha value is -2.77. The molecule has 1 amide bonds. The third-order valence-corrected chi connectivity index (χ3v) is 5.24. The first-order chi connectivity index (χ1) is 14.1. The van der Waals surface area contributed by atoms with E-state index in [1.54, 1.807) is 12.3 Å². The number of carbonyl (C=O) groups excluding carboxylic acids is 2. The molecule has 1 aromatic heterocycles. The van der Waals surface area contributed by atoms with Crippen molar-refractivity contribution in [2.24, 2.45) is 0 Å². The van der Waals surface area contributed by atoms with Crippen molar-refractivity contribution < 1.29 is 19.1 Å². The molecule has 1 saturated heterocycles. The van der Waals surface area contributed by atoms with Gasteiger partial charge in [-0.25, -0.2) is 0 Å². The van der Waals surface area contributed by atoms with Crippen molar-refractivity contribution in [2.75, 3.05) is 30.0 Å². The van der Waals surface area contributed by atoms with Gasteiger partial charge in [-0.05, 0) is 44.7 Å². The van der Waals surface area contributed by atoms with E-state index in [1.807, 2.05) is 23.1 Å². The fourth-order valence-electron chi connectivity index (χ4n) is 3.79. The Bertz CT molecular complexity index is 909. The predicted octanol–water partition coefficient (Wildman–Crippen LogP) is 3.92. The zero-order chi connectivity index (χ0) is 20.2. The van der Waals surface area contributed by atoms with E-state index in [-0.39, 0.29) is 18.0 Å². The summed E-state index contributed by atoms with van der Waals surface area (Å²) in [4.78, 5) is 31.2. The molecule has 0 radical (unpaired) electrons. The molecule has 1 aromatic carbocycles. The molecule has 29 heavy (non-hydrogen) atoms. The van der Waals surface area contributed by atoms with Crippen LogP contribution in [0, 0.1) is 0 Å². The van der Waals surface area contributed by atoms with Crippen LogP contribution in [-0.2, 0) is 9.47 Å². The molecule has 152 valence electrons. The average molecular weight is 395 g/mol. The molecule has 0 saturated carbocycles. The highest BCUT2D eigenvalue weighted by molar-refractivity contribution is 6.16. The lowest BCUT2D eigenvalue weighted by Crippen LogP contribution is -2.25. The minimum absolute atomic E-state index is 0.123. The molecule has 1 atom stereocenters. The van der Waals surface area contributed by atoms with Crippen LogP contribution in [-0.4, -0.2) is 42.7 Å². The van der Waals surface area contributed by atoms with Crippen LogP contribution in [0.5, 0.6) is 0 Å². The molecule has 2 aliphatic heterocycles. The second kappa shape index (κ2) is 8.71. The average Bonchev–Trinajstić information content (AvgIpc) is 2.86. The van der Waals surface area contributed by atoms with Crippen molar-refractivity contribution in [3.63, 3.8) is 0 Å². The van der Waals surface area contributed by atoms with Gasteiger partial charge in [0.1, 0.15) is 0 Å². The third-order valence-electron chi connectivity index (χ3n) is 5.24. The summed E-state index contributed by atoms with van der Waals surface area (Å²) < 4.78 is 11.5. The maximum Gasteiger partial charge on any atom is 0.257 e. The normalized spacial score (nSPS) is 18.4. The lowest BCUT2D eigenvalue weighted by atomic mass is 10.1. The Morgan fingerprint density at radius 3 is 2.93 bits per heavy atom. The minimum Gasteiger partial charge on any atom is -0.353 e. The summed E-state index contributed by atoms with van der Waals surface area (Å²) in [5.41, 5.74) is 2.98. The Kier molecular flexibility index (Phi) is 5.87. The van der Waals surface area contributed by atoms with E-state index < -0.39 is 0 Å². The number of hydrogen-bond donors (Lipinski definition) is 1. The van der Waals surface area contributed by atoms with Crippen LogP contribution in [0.2, 0.25) is 0 Å². The molecule has 0 aliphatic carbocycles. The van der Waals surface area contributed by atoms with Crippen LogP contribution in [0.4, 0.5) is 17.1 Å². The molecule has 1 N–H and O–H groups in total. The number of rotatable bonds is 6. The Labute approximate surface area is 170 Å². The van der Waals surface area contributed by atoms with Crippen LogP contribution in [0.25, 0.3) is 0 Å². The van der Waals surface area contributed by atoms with E-state index >= 15 is 0 Å². The van der Waals surface area contributed by atoms with E-state index in [2.05, 4.69) is 10.3 Å². The standard InChI is InChI=1S/C22H25N3O4/c1-15(26)17-13-23-14-19-21(17)24-22(27)16-7-2-3-8-18(16)25(19)10-6-12-29-20-9-4-5-11-28-20/h2-3,7-8,13-14,20H,4-6,9-12H2,1H3,(H,24,27). The molecule has 7 nitrogen and oxygen atoms in total.